The van der Waals surface area contributed by atoms with Crippen LogP contribution < -0.4 is 27.4 Å². The third-order valence-corrected chi connectivity index (χ3v) is 5.32. The normalized spacial score (nSPS) is 10.6. The van der Waals surface area contributed by atoms with Gasteiger partial charge in [-0.3, -0.25) is 19.8 Å². The fourth-order valence-electron chi connectivity index (χ4n) is 3.24. The first kappa shape index (κ1) is 23.2. The van der Waals surface area contributed by atoms with Gasteiger partial charge >= 0.3 is 0 Å². The highest BCUT2D eigenvalue weighted by molar-refractivity contribution is 6.09. The molecule has 0 saturated heterocycles. The lowest BCUT2D eigenvalue weighted by Crippen LogP contribution is -2.28. The molecule has 3 aromatic rings. The lowest BCUT2D eigenvalue weighted by atomic mass is 10.2. The van der Waals surface area contributed by atoms with Gasteiger partial charge in [0.1, 0.15) is 17.1 Å². The lowest BCUT2D eigenvalue weighted by molar-refractivity contribution is 0.0948. The second-order valence-electron chi connectivity index (χ2n) is 7.59. The van der Waals surface area contributed by atoms with E-state index >= 15 is 0 Å². The molecule has 12 heteroatoms. The number of aromatic nitrogens is 3. The first-order valence-electron chi connectivity index (χ1n) is 10.1. The number of amides is 3. The zero-order valence-corrected chi connectivity index (χ0v) is 18.5. The third-order valence-electron chi connectivity index (χ3n) is 5.32. The average Bonchev–Trinajstić information content (AvgIpc) is 3.40. The molecule has 174 valence electrons. The summed E-state index contributed by atoms with van der Waals surface area (Å²) in [6, 6.07) is 0. The van der Waals surface area contributed by atoms with Crippen molar-refractivity contribution in [1.82, 2.24) is 20.3 Å². The van der Waals surface area contributed by atoms with Gasteiger partial charge in [-0.25, -0.2) is 0 Å². The summed E-state index contributed by atoms with van der Waals surface area (Å²) in [5, 5.41) is 15.4. The van der Waals surface area contributed by atoms with Gasteiger partial charge in [0.05, 0.1) is 22.9 Å². The summed E-state index contributed by atoms with van der Waals surface area (Å²) < 4.78 is 0. The van der Waals surface area contributed by atoms with Gasteiger partial charge < -0.3 is 42.4 Å². The Morgan fingerprint density at radius 1 is 0.818 bits per heavy atom. The predicted octanol–water partition coefficient (Wildman–Crippen LogP) is 1.74. The number of aromatic amines is 3. The van der Waals surface area contributed by atoms with Crippen LogP contribution in [0.4, 0.5) is 17.1 Å². The molecule has 3 aromatic heterocycles. The van der Waals surface area contributed by atoms with E-state index in [2.05, 4.69) is 30.9 Å². The van der Waals surface area contributed by atoms with E-state index < -0.39 is 5.91 Å². The number of nitrogen functional groups attached to an aromatic ring is 1. The fourth-order valence-corrected chi connectivity index (χ4v) is 3.24. The topological polar surface area (TPSA) is 211 Å². The van der Waals surface area contributed by atoms with E-state index in [-0.39, 0.29) is 36.3 Å². The lowest BCUT2D eigenvalue weighted by Gasteiger charge is -2.07. The zero-order chi connectivity index (χ0) is 24.3. The number of carbonyl (C=O) groups excluding carboxylic acids is 3. The summed E-state index contributed by atoms with van der Waals surface area (Å²) in [5.74, 6) is -1.19. The second-order valence-corrected chi connectivity index (χ2v) is 7.59. The number of hydrogen-bond donors (Lipinski definition) is 9. The number of amidine groups is 1. The molecule has 11 N–H and O–H groups in total. The van der Waals surface area contributed by atoms with Crippen LogP contribution in [0.1, 0.15) is 54.6 Å². The van der Waals surface area contributed by atoms with Gasteiger partial charge in [0, 0.05) is 48.2 Å². The average molecular weight is 454 g/mol. The maximum absolute atomic E-state index is 12.8. The first-order valence-corrected chi connectivity index (χ1v) is 10.1. The van der Waals surface area contributed by atoms with Crippen LogP contribution in [0.5, 0.6) is 0 Å². The molecule has 3 rings (SSSR count). The van der Waals surface area contributed by atoms with E-state index in [0.29, 0.717) is 45.1 Å². The molecule has 0 unspecified atom stereocenters. The Hall–Kier alpha value is -4.48. The van der Waals surface area contributed by atoms with Crippen LogP contribution in [0.25, 0.3) is 0 Å². The summed E-state index contributed by atoms with van der Waals surface area (Å²) in [5.41, 5.74) is 15.1. The highest BCUT2D eigenvalue weighted by atomic mass is 16.2. The van der Waals surface area contributed by atoms with Crippen molar-refractivity contribution in [3.05, 3.63) is 52.4 Å². The van der Waals surface area contributed by atoms with E-state index in [0.717, 1.165) is 0 Å². The maximum atomic E-state index is 12.8. The van der Waals surface area contributed by atoms with Crippen molar-refractivity contribution in [3.8, 4) is 0 Å². The molecular formula is C21H27N9O3. The number of carbonyl (C=O) groups is 3. The SMILES string of the molecule is Cc1c(N)c[nH]c1C(=O)Nc1c[nH]c(C(=O)Nc2c[nH]c(C(=O)NCCC(=N)N)c2C)c1C. The Kier molecular flexibility index (Phi) is 6.56. The van der Waals surface area contributed by atoms with Crippen LogP contribution in [0.2, 0.25) is 0 Å². The molecular weight excluding hydrogens is 426 g/mol. The highest BCUT2D eigenvalue weighted by Crippen LogP contribution is 2.24. The van der Waals surface area contributed by atoms with Crippen LogP contribution >= 0.6 is 0 Å². The van der Waals surface area contributed by atoms with Crippen molar-refractivity contribution in [2.75, 3.05) is 22.9 Å². The number of nitrogens with two attached hydrogens (primary N) is 2. The first-order chi connectivity index (χ1) is 15.6. The largest absolute Gasteiger partial charge is 0.397 e. The number of hydrogen-bond acceptors (Lipinski definition) is 5. The Morgan fingerprint density at radius 3 is 1.73 bits per heavy atom. The number of rotatable bonds is 8. The number of H-pyrrole nitrogens is 3. The Bertz CT molecular complexity index is 1230. The van der Waals surface area contributed by atoms with Crippen LogP contribution in [0.3, 0.4) is 0 Å². The van der Waals surface area contributed by atoms with Crippen LogP contribution in [-0.4, -0.2) is 45.1 Å². The van der Waals surface area contributed by atoms with E-state index in [9.17, 15) is 14.4 Å². The van der Waals surface area contributed by atoms with E-state index in [1.54, 1.807) is 27.0 Å². The fraction of sp³-hybridized carbons (Fsp3) is 0.238. The molecule has 0 atom stereocenters. The van der Waals surface area contributed by atoms with Gasteiger partial charge in [-0.2, -0.15) is 0 Å². The Balaban J connectivity index is 1.68. The summed E-state index contributed by atoms with van der Waals surface area (Å²) in [4.78, 5) is 46.2. The van der Waals surface area contributed by atoms with Crippen molar-refractivity contribution < 1.29 is 14.4 Å². The standard InChI is InChI=1S/C21H27N9O3/c1-9-12(22)6-26-16(9)20(32)29-14-8-28-18(11(14)3)21(33)30-13-7-27-17(10(13)2)19(31)25-5-4-15(23)24/h6-8,26-28H,4-5,22H2,1-3H3,(H3,23,24)(H,25,31)(H,29,32)(H,30,33). The van der Waals surface area contributed by atoms with Gasteiger partial charge in [0.15, 0.2) is 0 Å². The molecule has 0 bridgehead atoms. The number of nitrogens with one attached hydrogen (secondary N) is 7. The van der Waals surface area contributed by atoms with E-state index in [4.69, 9.17) is 16.9 Å². The van der Waals surface area contributed by atoms with Crippen LogP contribution in [-0.2, 0) is 0 Å². The monoisotopic (exact) mass is 453 g/mol. The van der Waals surface area contributed by atoms with Gasteiger partial charge in [0.25, 0.3) is 17.7 Å². The minimum atomic E-state index is -0.432. The summed E-state index contributed by atoms with van der Waals surface area (Å²) >= 11 is 0. The summed E-state index contributed by atoms with van der Waals surface area (Å²) in [6.45, 7) is 5.37. The Morgan fingerprint density at radius 2 is 1.27 bits per heavy atom. The molecule has 0 spiro atoms. The highest BCUT2D eigenvalue weighted by Gasteiger charge is 2.21. The van der Waals surface area contributed by atoms with Gasteiger partial charge in [-0.1, -0.05) is 0 Å². The third kappa shape index (κ3) is 4.89. The molecule has 0 aliphatic rings. The molecule has 0 aromatic carbocycles. The second kappa shape index (κ2) is 9.34. The summed E-state index contributed by atoms with van der Waals surface area (Å²) in [7, 11) is 0. The van der Waals surface area contributed by atoms with Crippen LogP contribution in [0, 0.1) is 26.2 Å². The van der Waals surface area contributed by atoms with Gasteiger partial charge in [0.2, 0.25) is 0 Å². The van der Waals surface area contributed by atoms with Crippen molar-refractivity contribution in [2.24, 2.45) is 5.73 Å². The molecule has 0 aliphatic heterocycles. The summed E-state index contributed by atoms with van der Waals surface area (Å²) in [6.07, 6.45) is 4.84. The van der Waals surface area contributed by atoms with Crippen molar-refractivity contribution in [2.45, 2.75) is 27.2 Å². The maximum Gasteiger partial charge on any atom is 0.272 e. The van der Waals surface area contributed by atoms with Crippen molar-refractivity contribution in [3.63, 3.8) is 0 Å². The molecule has 3 heterocycles. The number of anilines is 3. The quantitative estimate of drug-likeness (QED) is 0.184. The minimum Gasteiger partial charge on any atom is -0.397 e. The minimum absolute atomic E-state index is 0.0181. The molecule has 0 radical (unpaired) electrons. The van der Waals surface area contributed by atoms with Crippen molar-refractivity contribution in [1.29, 1.82) is 5.41 Å². The molecule has 3 amide bonds. The zero-order valence-electron chi connectivity index (χ0n) is 18.5. The molecule has 0 fully saturated rings. The molecule has 12 nitrogen and oxygen atoms in total. The molecule has 0 saturated carbocycles. The van der Waals surface area contributed by atoms with E-state index in [1.807, 2.05) is 0 Å². The van der Waals surface area contributed by atoms with E-state index in [1.165, 1.54) is 12.4 Å². The van der Waals surface area contributed by atoms with Gasteiger partial charge in [-0.05, 0) is 20.8 Å². The van der Waals surface area contributed by atoms with Crippen molar-refractivity contribution >= 4 is 40.6 Å². The van der Waals surface area contributed by atoms with Gasteiger partial charge in [-0.15, -0.1) is 0 Å². The molecule has 33 heavy (non-hydrogen) atoms. The smallest absolute Gasteiger partial charge is 0.272 e. The molecule has 0 aliphatic carbocycles. The predicted molar refractivity (Wildman–Crippen MR) is 126 cm³/mol. The van der Waals surface area contributed by atoms with Crippen LogP contribution in [0.15, 0.2) is 18.6 Å². The Labute approximate surface area is 189 Å².